The minimum Gasteiger partial charge on any atom is -0.338 e. The number of aryl methyl sites for hydroxylation is 1. The lowest BCUT2D eigenvalue weighted by Gasteiger charge is -2.17. The van der Waals surface area contributed by atoms with E-state index in [1.807, 2.05) is 20.8 Å². The Labute approximate surface area is 148 Å². The molecule has 8 heteroatoms. The molecule has 3 aromatic rings. The van der Waals surface area contributed by atoms with Gasteiger partial charge in [0, 0.05) is 11.1 Å². The second-order valence-electron chi connectivity index (χ2n) is 5.76. The molecule has 0 aliphatic rings. The average molecular weight is 365 g/mol. The Kier molecular flexibility index (Phi) is 4.64. The van der Waals surface area contributed by atoms with E-state index >= 15 is 0 Å². The summed E-state index contributed by atoms with van der Waals surface area (Å²) < 4.78 is 6.90. The SMILES string of the molecule is Cc1noc([C@H](C)Sc2nc3cc(Cl)ccc3c(=O)n2C(C)C)n1. The highest BCUT2D eigenvalue weighted by Gasteiger charge is 2.20. The smallest absolute Gasteiger partial charge is 0.262 e. The topological polar surface area (TPSA) is 73.8 Å². The Bertz CT molecular complexity index is 951. The van der Waals surface area contributed by atoms with Crippen molar-refractivity contribution in [3.8, 4) is 0 Å². The molecule has 24 heavy (non-hydrogen) atoms. The lowest BCUT2D eigenvalue weighted by Crippen LogP contribution is -2.25. The van der Waals surface area contributed by atoms with Crippen LogP contribution in [-0.2, 0) is 0 Å². The summed E-state index contributed by atoms with van der Waals surface area (Å²) in [6, 6.07) is 5.10. The molecule has 0 bridgehead atoms. The van der Waals surface area contributed by atoms with Crippen LogP contribution in [0, 0.1) is 6.92 Å². The summed E-state index contributed by atoms with van der Waals surface area (Å²) in [5.41, 5.74) is 0.504. The number of nitrogens with zero attached hydrogens (tertiary/aromatic N) is 4. The van der Waals surface area contributed by atoms with E-state index in [-0.39, 0.29) is 16.9 Å². The fourth-order valence-electron chi connectivity index (χ4n) is 2.38. The van der Waals surface area contributed by atoms with E-state index in [0.29, 0.717) is 32.8 Å². The van der Waals surface area contributed by atoms with Gasteiger partial charge in [0.25, 0.3) is 5.56 Å². The number of fused-ring (bicyclic) bond motifs is 1. The standard InChI is InChI=1S/C16H17ClN4O2S/c1-8(2)21-15(22)12-6-5-11(17)7-13(12)19-16(21)24-9(3)14-18-10(4)20-23-14/h5-9H,1-4H3/t9-/m0/s1. The van der Waals surface area contributed by atoms with Crippen molar-refractivity contribution in [2.45, 2.75) is 44.1 Å². The molecule has 2 aromatic heterocycles. The van der Waals surface area contributed by atoms with Crippen LogP contribution in [0.1, 0.15) is 43.8 Å². The molecular formula is C16H17ClN4O2S. The predicted molar refractivity (Wildman–Crippen MR) is 94.7 cm³/mol. The summed E-state index contributed by atoms with van der Waals surface area (Å²) in [6.45, 7) is 7.62. The van der Waals surface area contributed by atoms with E-state index in [1.54, 1.807) is 29.7 Å². The van der Waals surface area contributed by atoms with Crippen LogP contribution >= 0.6 is 23.4 Å². The van der Waals surface area contributed by atoms with Crippen molar-refractivity contribution in [1.29, 1.82) is 0 Å². The molecule has 1 aromatic carbocycles. The van der Waals surface area contributed by atoms with Crippen LogP contribution in [0.2, 0.25) is 5.02 Å². The molecule has 0 unspecified atom stereocenters. The van der Waals surface area contributed by atoms with Crippen molar-refractivity contribution in [2.75, 3.05) is 0 Å². The Morgan fingerprint density at radius 2 is 2.00 bits per heavy atom. The molecular weight excluding hydrogens is 348 g/mol. The van der Waals surface area contributed by atoms with Crippen molar-refractivity contribution in [1.82, 2.24) is 19.7 Å². The normalized spacial score (nSPS) is 12.9. The number of halogens is 1. The number of rotatable bonds is 4. The van der Waals surface area contributed by atoms with Crippen LogP contribution in [0.15, 0.2) is 32.7 Å². The molecule has 2 heterocycles. The maximum absolute atomic E-state index is 12.8. The first-order valence-electron chi connectivity index (χ1n) is 7.55. The van der Waals surface area contributed by atoms with E-state index in [4.69, 9.17) is 16.1 Å². The van der Waals surface area contributed by atoms with Gasteiger partial charge >= 0.3 is 0 Å². The number of aromatic nitrogens is 4. The molecule has 0 amide bonds. The Balaban J connectivity index is 2.11. The average Bonchev–Trinajstić information content (AvgIpc) is 2.93. The molecule has 0 aliphatic heterocycles. The molecule has 0 spiro atoms. The summed E-state index contributed by atoms with van der Waals surface area (Å²) in [6.07, 6.45) is 0. The predicted octanol–water partition coefficient (Wildman–Crippen LogP) is 4.18. The molecule has 0 fully saturated rings. The van der Waals surface area contributed by atoms with Crippen molar-refractivity contribution in [3.63, 3.8) is 0 Å². The Morgan fingerprint density at radius 3 is 2.62 bits per heavy atom. The van der Waals surface area contributed by atoms with Crippen LogP contribution in [0.3, 0.4) is 0 Å². The fourth-order valence-corrected chi connectivity index (χ4v) is 3.61. The van der Waals surface area contributed by atoms with E-state index in [9.17, 15) is 4.79 Å². The van der Waals surface area contributed by atoms with Gasteiger partial charge in [0.2, 0.25) is 5.89 Å². The van der Waals surface area contributed by atoms with Gasteiger partial charge in [-0.2, -0.15) is 4.98 Å². The van der Waals surface area contributed by atoms with Crippen LogP contribution in [0.5, 0.6) is 0 Å². The fraction of sp³-hybridized carbons (Fsp3) is 0.375. The lowest BCUT2D eigenvalue weighted by molar-refractivity contribution is 0.376. The van der Waals surface area contributed by atoms with Crippen LogP contribution in [-0.4, -0.2) is 19.7 Å². The zero-order valence-corrected chi connectivity index (χ0v) is 15.4. The van der Waals surface area contributed by atoms with Crippen LogP contribution < -0.4 is 5.56 Å². The third-order valence-electron chi connectivity index (χ3n) is 3.52. The van der Waals surface area contributed by atoms with Crippen molar-refractivity contribution in [2.24, 2.45) is 0 Å². The zero-order chi connectivity index (χ0) is 17.4. The zero-order valence-electron chi connectivity index (χ0n) is 13.8. The third kappa shape index (κ3) is 3.18. The molecule has 0 saturated carbocycles. The van der Waals surface area contributed by atoms with E-state index in [1.165, 1.54) is 11.8 Å². The van der Waals surface area contributed by atoms with E-state index in [2.05, 4.69) is 15.1 Å². The number of hydrogen-bond donors (Lipinski definition) is 0. The Morgan fingerprint density at radius 1 is 1.25 bits per heavy atom. The highest BCUT2D eigenvalue weighted by molar-refractivity contribution is 7.99. The minimum atomic E-state index is -0.125. The first-order chi connectivity index (χ1) is 11.4. The van der Waals surface area contributed by atoms with Crippen molar-refractivity contribution >= 4 is 34.3 Å². The summed E-state index contributed by atoms with van der Waals surface area (Å²) in [4.78, 5) is 21.7. The highest BCUT2D eigenvalue weighted by Crippen LogP contribution is 2.34. The summed E-state index contributed by atoms with van der Waals surface area (Å²) in [7, 11) is 0. The monoisotopic (exact) mass is 364 g/mol. The van der Waals surface area contributed by atoms with Gasteiger partial charge in [0.1, 0.15) is 0 Å². The van der Waals surface area contributed by atoms with Gasteiger partial charge < -0.3 is 4.52 Å². The number of hydrogen-bond acceptors (Lipinski definition) is 6. The van der Waals surface area contributed by atoms with Gasteiger partial charge in [-0.15, -0.1) is 0 Å². The van der Waals surface area contributed by atoms with Gasteiger partial charge in [-0.1, -0.05) is 28.5 Å². The summed E-state index contributed by atoms with van der Waals surface area (Å²) >= 11 is 7.45. The van der Waals surface area contributed by atoms with Gasteiger partial charge in [-0.05, 0) is 45.9 Å². The maximum atomic E-state index is 12.8. The third-order valence-corrected chi connectivity index (χ3v) is 4.81. The number of benzene rings is 1. The molecule has 0 N–H and O–H groups in total. The van der Waals surface area contributed by atoms with Gasteiger partial charge in [-0.25, -0.2) is 4.98 Å². The Hall–Kier alpha value is -1.86. The molecule has 0 saturated heterocycles. The van der Waals surface area contributed by atoms with E-state index < -0.39 is 0 Å². The molecule has 1 atom stereocenters. The first kappa shape index (κ1) is 17.0. The highest BCUT2D eigenvalue weighted by atomic mass is 35.5. The van der Waals surface area contributed by atoms with Crippen molar-refractivity contribution < 1.29 is 4.52 Å². The second kappa shape index (κ2) is 6.57. The van der Waals surface area contributed by atoms with Gasteiger partial charge in [0.05, 0.1) is 16.2 Å². The van der Waals surface area contributed by atoms with Crippen LogP contribution in [0.25, 0.3) is 10.9 Å². The summed E-state index contributed by atoms with van der Waals surface area (Å²) in [5.74, 6) is 1.09. The van der Waals surface area contributed by atoms with Crippen molar-refractivity contribution in [3.05, 3.63) is 45.3 Å². The maximum Gasteiger partial charge on any atom is 0.262 e. The molecule has 6 nitrogen and oxygen atoms in total. The van der Waals surface area contributed by atoms with Gasteiger partial charge in [0.15, 0.2) is 11.0 Å². The lowest BCUT2D eigenvalue weighted by atomic mass is 10.2. The van der Waals surface area contributed by atoms with Crippen LogP contribution in [0.4, 0.5) is 0 Å². The number of thioether (sulfide) groups is 1. The minimum absolute atomic E-state index is 0.0239. The molecule has 3 rings (SSSR count). The quantitative estimate of drug-likeness (QED) is 0.510. The molecule has 0 radical (unpaired) electrons. The second-order valence-corrected chi connectivity index (χ2v) is 7.51. The van der Waals surface area contributed by atoms with Gasteiger partial charge in [-0.3, -0.25) is 9.36 Å². The molecule has 126 valence electrons. The van der Waals surface area contributed by atoms with E-state index in [0.717, 1.165) is 0 Å². The first-order valence-corrected chi connectivity index (χ1v) is 8.81. The largest absolute Gasteiger partial charge is 0.338 e. The molecule has 0 aliphatic carbocycles. The summed E-state index contributed by atoms with van der Waals surface area (Å²) in [5, 5.41) is 5.39.